The largest absolute Gasteiger partial charge is 0.467 e. The average Bonchev–Trinajstić information content (AvgIpc) is 2.99. The molecule has 3 aromatic rings. The van der Waals surface area contributed by atoms with Gasteiger partial charge < -0.3 is 16.2 Å². The van der Waals surface area contributed by atoms with Gasteiger partial charge in [0.05, 0.1) is 18.5 Å². The van der Waals surface area contributed by atoms with E-state index in [4.69, 9.17) is 16.2 Å². The maximum atomic E-state index is 5.90. The Bertz CT molecular complexity index is 771. The molecule has 3 heterocycles. The van der Waals surface area contributed by atoms with Crippen molar-refractivity contribution in [3.8, 4) is 17.9 Å². The van der Waals surface area contributed by atoms with Gasteiger partial charge in [-0.25, -0.2) is 0 Å². The molecule has 0 spiro atoms. The smallest absolute Gasteiger partial charge is 0.322 e. The fraction of sp³-hybridized carbons (Fsp3) is 0.250. The first-order valence-electron chi connectivity index (χ1n) is 6.43. The van der Waals surface area contributed by atoms with E-state index in [0.29, 0.717) is 11.6 Å². The predicted octanol–water partition coefficient (Wildman–Crippen LogP) is 0.0328. The summed E-state index contributed by atoms with van der Waals surface area (Å²) in [5.74, 6) is 1.25. The summed E-state index contributed by atoms with van der Waals surface area (Å²) in [6, 6.07) is 3.53. The number of methoxy groups -OCH3 is 1. The van der Waals surface area contributed by atoms with Crippen LogP contribution in [0.4, 0.5) is 11.6 Å². The Morgan fingerprint density at radius 3 is 1.64 bits per heavy atom. The number of aromatic nitrogens is 7. The van der Waals surface area contributed by atoms with Crippen LogP contribution in [-0.4, -0.2) is 41.6 Å². The molecule has 22 heavy (non-hydrogen) atoms. The summed E-state index contributed by atoms with van der Waals surface area (Å²) < 4.78 is 7.90. The lowest BCUT2D eigenvalue weighted by Gasteiger charge is -2.07. The minimum Gasteiger partial charge on any atom is -0.467 e. The van der Waals surface area contributed by atoms with Gasteiger partial charge in [-0.3, -0.25) is 0 Å². The first kappa shape index (κ1) is 13.8. The minimum absolute atomic E-state index is 0.111. The van der Waals surface area contributed by atoms with Gasteiger partial charge in [0.2, 0.25) is 0 Å². The van der Waals surface area contributed by atoms with Crippen molar-refractivity contribution in [2.24, 2.45) is 0 Å². The van der Waals surface area contributed by atoms with Gasteiger partial charge in [0.25, 0.3) is 11.9 Å². The number of nitrogen functional groups attached to an aromatic ring is 2. The predicted molar refractivity (Wildman–Crippen MR) is 78.9 cm³/mol. The van der Waals surface area contributed by atoms with Crippen LogP contribution in [0.5, 0.6) is 6.01 Å². The van der Waals surface area contributed by atoms with Crippen molar-refractivity contribution in [1.29, 1.82) is 0 Å². The normalized spacial score (nSPS) is 10.9. The summed E-state index contributed by atoms with van der Waals surface area (Å²) in [6.45, 7) is 3.64. The molecule has 114 valence electrons. The molecule has 0 amide bonds. The molecule has 4 N–H and O–H groups in total. The molecule has 0 unspecified atom stereocenters. The molecule has 0 aromatic carbocycles. The molecule has 3 aromatic heterocycles. The van der Waals surface area contributed by atoms with E-state index in [2.05, 4.69) is 25.1 Å². The number of rotatable bonds is 3. The van der Waals surface area contributed by atoms with Crippen molar-refractivity contribution < 1.29 is 4.74 Å². The molecule has 0 atom stereocenters. The van der Waals surface area contributed by atoms with Gasteiger partial charge in [0.1, 0.15) is 11.6 Å². The fourth-order valence-corrected chi connectivity index (χ4v) is 1.98. The van der Waals surface area contributed by atoms with Crippen molar-refractivity contribution in [3.63, 3.8) is 0 Å². The lowest BCUT2D eigenvalue weighted by Crippen LogP contribution is -2.14. The van der Waals surface area contributed by atoms with Crippen molar-refractivity contribution >= 4 is 11.6 Å². The van der Waals surface area contributed by atoms with Crippen LogP contribution in [0, 0.1) is 13.8 Å². The number of nitrogens with zero attached hydrogens (tertiary/aromatic N) is 7. The summed E-state index contributed by atoms with van der Waals surface area (Å²) >= 11 is 0. The summed E-state index contributed by atoms with van der Waals surface area (Å²) in [6.07, 6.45) is 0. The molecule has 0 aliphatic carbocycles. The van der Waals surface area contributed by atoms with Crippen LogP contribution in [0.15, 0.2) is 12.1 Å². The Morgan fingerprint density at radius 2 is 1.32 bits per heavy atom. The van der Waals surface area contributed by atoms with Crippen LogP contribution in [0.25, 0.3) is 11.9 Å². The molecule has 0 aliphatic heterocycles. The highest BCUT2D eigenvalue weighted by molar-refractivity contribution is 5.40. The van der Waals surface area contributed by atoms with Crippen LogP contribution in [-0.2, 0) is 0 Å². The summed E-state index contributed by atoms with van der Waals surface area (Å²) in [7, 11) is 1.46. The number of aryl methyl sites for hydroxylation is 2. The van der Waals surface area contributed by atoms with Crippen LogP contribution in [0.1, 0.15) is 11.4 Å². The first-order valence-corrected chi connectivity index (χ1v) is 6.43. The molecular weight excluding hydrogens is 286 g/mol. The van der Waals surface area contributed by atoms with Gasteiger partial charge in [-0.15, -0.1) is 0 Å². The van der Waals surface area contributed by atoms with E-state index in [-0.39, 0.29) is 17.9 Å². The molecule has 0 fully saturated rings. The molecule has 0 radical (unpaired) electrons. The third kappa shape index (κ3) is 2.30. The van der Waals surface area contributed by atoms with Crippen molar-refractivity contribution in [3.05, 3.63) is 23.5 Å². The van der Waals surface area contributed by atoms with E-state index >= 15 is 0 Å². The molecule has 10 nitrogen and oxygen atoms in total. The zero-order valence-electron chi connectivity index (χ0n) is 12.3. The molecule has 3 rings (SSSR count). The number of anilines is 2. The molecule has 0 bridgehead atoms. The van der Waals surface area contributed by atoms with E-state index in [0.717, 1.165) is 11.4 Å². The zero-order chi connectivity index (χ0) is 15.9. The van der Waals surface area contributed by atoms with E-state index in [9.17, 15) is 0 Å². The van der Waals surface area contributed by atoms with Crippen molar-refractivity contribution in [2.45, 2.75) is 13.8 Å². The highest BCUT2D eigenvalue weighted by atomic mass is 16.5. The third-order valence-electron chi connectivity index (χ3n) is 2.87. The lowest BCUT2D eigenvalue weighted by atomic mass is 10.5. The first-order chi connectivity index (χ1) is 10.5. The van der Waals surface area contributed by atoms with Gasteiger partial charge in [-0.2, -0.15) is 34.5 Å². The van der Waals surface area contributed by atoms with Crippen LogP contribution < -0.4 is 16.2 Å². The van der Waals surface area contributed by atoms with E-state index in [1.807, 2.05) is 13.8 Å². The molecule has 10 heteroatoms. The van der Waals surface area contributed by atoms with E-state index in [1.54, 1.807) is 12.1 Å². The second kappa shape index (κ2) is 4.98. The van der Waals surface area contributed by atoms with Crippen molar-refractivity contribution in [1.82, 2.24) is 34.5 Å². The Kier molecular flexibility index (Phi) is 3.13. The highest BCUT2D eigenvalue weighted by Gasteiger charge is 2.15. The Hall–Kier alpha value is -3.17. The van der Waals surface area contributed by atoms with Crippen LogP contribution >= 0.6 is 0 Å². The molecular formula is C12H15N9O. The number of nitrogens with two attached hydrogens (primary N) is 2. The summed E-state index contributed by atoms with van der Waals surface area (Å²) in [5.41, 5.74) is 13.3. The number of hydrogen-bond acceptors (Lipinski definition) is 8. The Balaban J connectivity index is 2.19. The fourth-order valence-electron chi connectivity index (χ4n) is 1.98. The number of hydrogen-bond donors (Lipinski definition) is 2. The topological polar surface area (TPSA) is 136 Å². The molecule has 0 aliphatic rings. The third-order valence-corrected chi connectivity index (χ3v) is 2.87. The van der Waals surface area contributed by atoms with Gasteiger partial charge in [0, 0.05) is 12.1 Å². The quantitative estimate of drug-likeness (QED) is 0.691. The van der Waals surface area contributed by atoms with Crippen LogP contribution in [0.2, 0.25) is 0 Å². The molecule has 0 saturated carbocycles. The van der Waals surface area contributed by atoms with Gasteiger partial charge >= 0.3 is 6.01 Å². The maximum absolute atomic E-state index is 5.90. The van der Waals surface area contributed by atoms with Crippen LogP contribution in [0.3, 0.4) is 0 Å². The summed E-state index contributed by atoms with van der Waals surface area (Å²) in [5, 5.41) is 8.48. The highest BCUT2D eigenvalue weighted by Crippen LogP contribution is 2.16. The second-order valence-electron chi connectivity index (χ2n) is 4.67. The van der Waals surface area contributed by atoms with Gasteiger partial charge in [-0.05, 0) is 13.8 Å². The SMILES string of the molecule is COc1nc(-n2nc(C)cc2N)nc(-n2nc(C)cc2N)n1. The maximum Gasteiger partial charge on any atom is 0.322 e. The minimum atomic E-state index is 0.111. The standard InChI is InChI=1S/C12H15N9O/c1-6-4-8(13)20(18-6)10-15-11(17-12(16-10)22-3)21-9(14)5-7(2)19-21/h4-5H,13-14H2,1-3H3. The zero-order valence-corrected chi connectivity index (χ0v) is 12.3. The second-order valence-corrected chi connectivity index (χ2v) is 4.67. The van der Waals surface area contributed by atoms with Crippen molar-refractivity contribution in [2.75, 3.05) is 18.6 Å². The number of ether oxygens (including phenoxy) is 1. The monoisotopic (exact) mass is 301 g/mol. The summed E-state index contributed by atoms with van der Waals surface area (Å²) in [4.78, 5) is 12.6. The van der Waals surface area contributed by atoms with E-state index in [1.165, 1.54) is 16.5 Å². The van der Waals surface area contributed by atoms with Gasteiger partial charge in [-0.1, -0.05) is 0 Å². The van der Waals surface area contributed by atoms with E-state index < -0.39 is 0 Å². The lowest BCUT2D eigenvalue weighted by molar-refractivity contribution is 0.375. The molecule has 0 saturated heterocycles. The Morgan fingerprint density at radius 1 is 0.864 bits per heavy atom. The van der Waals surface area contributed by atoms with Gasteiger partial charge in [0.15, 0.2) is 0 Å². The average molecular weight is 301 g/mol. The Labute approximate surface area is 125 Å².